The molecule has 1 heterocycles. The fraction of sp³-hybridized carbons (Fsp3) is 0.200. The zero-order chi connectivity index (χ0) is 5.11. The summed E-state index contributed by atoms with van der Waals surface area (Å²) >= 11 is 0. The van der Waals surface area contributed by atoms with E-state index in [1.807, 2.05) is 16.9 Å². The van der Waals surface area contributed by atoms with Gasteiger partial charge in [-0.15, -0.1) is 0 Å². The predicted octanol–water partition coefficient (Wildman–Crippen LogP) is 2.45. The quantitative estimate of drug-likeness (QED) is 0.500. The second-order valence-corrected chi connectivity index (χ2v) is 3.59. The predicted molar refractivity (Wildman–Crippen MR) is 38.3 cm³/mol. The van der Waals surface area contributed by atoms with Crippen molar-refractivity contribution in [1.29, 1.82) is 0 Å². The fourth-order valence-corrected chi connectivity index (χ4v) is 2.37. The number of allylic oxidation sites excluding steroid dienone is 1. The standard InChI is InChI=1S/C5H6S2/c1-2-5-3-4-6-7-5/h2-3H,1,4H2. The van der Waals surface area contributed by atoms with Gasteiger partial charge in [0, 0.05) is 10.7 Å². The summed E-state index contributed by atoms with van der Waals surface area (Å²) in [6.45, 7) is 3.64. The summed E-state index contributed by atoms with van der Waals surface area (Å²) < 4.78 is 0. The lowest BCUT2D eigenvalue weighted by molar-refractivity contribution is 1.77. The molecule has 0 aromatic rings. The Morgan fingerprint density at radius 1 is 1.86 bits per heavy atom. The largest absolute Gasteiger partial charge is 0.0979 e. The first-order chi connectivity index (χ1) is 3.43. The van der Waals surface area contributed by atoms with E-state index in [1.54, 1.807) is 10.8 Å². The van der Waals surface area contributed by atoms with Crippen LogP contribution in [0, 0.1) is 0 Å². The van der Waals surface area contributed by atoms with E-state index < -0.39 is 0 Å². The van der Waals surface area contributed by atoms with Crippen molar-refractivity contribution in [2.24, 2.45) is 0 Å². The van der Waals surface area contributed by atoms with Gasteiger partial charge in [0.05, 0.1) is 0 Å². The van der Waals surface area contributed by atoms with E-state index in [4.69, 9.17) is 0 Å². The Morgan fingerprint density at radius 2 is 2.71 bits per heavy atom. The molecular formula is C5H6S2. The molecule has 0 fully saturated rings. The van der Waals surface area contributed by atoms with Gasteiger partial charge in [-0.1, -0.05) is 40.3 Å². The van der Waals surface area contributed by atoms with Crippen LogP contribution in [0.15, 0.2) is 23.6 Å². The van der Waals surface area contributed by atoms with Gasteiger partial charge in [-0.05, 0) is 0 Å². The number of hydrogen-bond donors (Lipinski definition) is 0. The molecular weight excluding hydrogens is 124 g/mol. The van der Waals surface area contributed by atoms with Crippen molar-refractivity contribution < 1.29 is 0 Å². The van der Waals surface area contributed by atoms with Crippen molar-refractivity contribution in [2.45, 2.75) is 0 Å². The molecule has 0 aliphatic carbocycles. The maximum Gasteiger partial charge on any atom is 0.0235 e. The maximum atomic E-state index is 3.64. The monoisotopic (exact) mass is 130 g/mol. The zero-order valence-electron chi connectivity index (χ0n) is 3.89. The van der Waals surface area contributed by atoms with Crippen LogP contribution in [-0.2, 0) is 0 Å². The second kappa shape index (κ2) is 2.48. The third-order valence-corrected chi connectivity index (χ3v) is 2.99. The molecule has 1 aliphatic rings. The molecule has 0 unspecified atom stereocenters. The van der Waals surface area contributed by atoms with Crippen molar-refractivity contribution >= 4 is 21.6 Å². The SMILES string of the molecule is C=CC1=CCSS1. The zero-order valence-corrected chi connectivity index (χ0v) is 5.52. The Bertz CT molecular complexity index is 105. The van der Waals surface area contributed by atoms with E-state index in [-0.39, 0.29) is 0 Å². The maximum absolute atomic E-state index is 3.64. The molecule has 0 aromatic heterocycles. The van der Waals surface area contributed by atoms with Crippen LogP contribution in [0.25, 0.3) is 0 Å². The molecule has 2 heteroatoms. The first-order valence-electron chi connectivity index (χ1n) is 2.05. The van der Waals surface area contributed by atoms with Gasteiger partial charge in [0.25, 0.3) is 0 Å². The average molecular weight is 130 g/mol. The Kier molecular flexibility index (Phi) is 1.88. The van der Waals surface area contributed by atoms with E-state index in [0.717, 1.165) is 5.75 Å². The van der Waals surface area contributed by atoms with Crippen molar-refractivity contribution in [1.82, 2.24) is 0 Å². The van der Waals surface area contributed by atoms with Crippen LogP contribution >= 0.6 is 21.6 Å². The van der Waals surface area contributed by atoms with Crippen molar-refractivity contribution in [3.63, 3.8) is 0 Å². The van der Waals surface area contributed by atoms with Crippen LogP contribution in [0.3, 0.4) is 0 Å². The fourth-order valence-electron chi connectivity index (χ4n) is 0.370. The van der Waals surface area contributed by atoms with Crippen LogP contribution in [0.2, 0.25) is 0 Å². The Balaban J connectivity index is 2.51. The second-order valence-electron chi connectivity index (χ2n) is 1.18. The van der Waals surface area contributed by atoms with E-state index in [9.17, 15) is 0 Å². The first-order valence-corrected chi connectivity index (χ1v) is 4.37. The molecule has 0 amide bonds. The third kappa shape index (κ3) is 1.28. The molecule has 7 heavy (non-hydrogen) atoms. The number of hydrogen-bond acceptors (Lipinski definition) is 2. The normalized spacial score (nSPS) is 19.1. The van der Waals surface area contributed by atoms with Gasteiger partial charge < -0.3 is 0 Å². The van der Waals surface area contributed by atoms with Gasteiger partial charge in [-0.3, -0.25) is 0 Å². The topological polar surface area (TPSA) is 0 Å². The molecule has 0 bridgehead atoms. The van der Waals surface area contributed by atoms with Crippen LogP contribution < -0.4 is 0 Å². The smallest absolute Gasteiger partial charge is 0.0235 e. The lowest BCUT2D eigenvalue weighted by Crippen LogP contribution is -1.55. The molecule has 1 aliphatic heterocycles. The van der Waals surface area contributed by atoms with Gasteiger partial charge in [0.2, 0.25) is 0 Å². The minimum absolute atomic E-state index is 1.14. The molecule has 0 atom stereocenters. The van der Waals surface area contributed by atoms with Gasteiger partial charge >= 0.3 is 0 Å². The molecule has 0 N–H and O–H groups in total. The molecule has 0 spiro atoms. The van der Waals surface area contributed by atoms with Crippen molar-refractivity contribution in [2.75, 3.05) is 5.75 Å². The van der Waals surface area contributed by atoms with Gasteiger partial charge in [0.15, 0.2) is 0 Å². The highest BCUT2D eigenvalue weighted by Gasteiger charge is 1.98. The summed E-state index contributed by atoms with van der Waals surface area (Å²) in [6, 6.07) is 0. The van der Waals surface area contributed by atoms with E-state index >= 15 is 0 Å². The van der Waals surface area contributed by atoms with Crippen LogP contribution in [0.5, 0.6) is 0 Å². The minimum atomic E-state index is 1.14. The van der Waals surface area contributed by atoms with Crippen LogP contribution in [0.4, 0.5) is 0 Å². The molecule has 0 nitrogen and oxygen atoms in total. The Morgan fingerprint density at radius 3 is 3.00 bits per heavy atom. The molecule has 0 saturated carbocycles. The lowest BCUT2D eigenvalue weighted by Gasteiger charge is -1.82. The van der Waals surface area contributed by atoms with Gasteiger partial charge in [-0.2, -0.15) is 0 Å². The highest BCUT2D eigenvalue weighted by molar-refractivity contribution is 8.78. The number of rotatable bonds is 1. The summed E-state index contributed by atoms with van der Waals surface area (Å²) in [5.41, 5.74) is 0. The molecule has 0 radical (unpaired) electrons. The minimum Gasteiger partial charge on any atom is -0.0979 e. The Hall–Kier alpha value is 0.180. The highest BCUT2D eigenvalue weighted by Crippen LogP contribution is 2.36. The molecule has 0 saturated heterocycles. The lowest BCUT2D eigenvalue weighted by atomic mass is 10.5. The van der Waals surface area contributed by atoms with Crippen molar-refractivity contribution in [3.05, 3.63) is 23.6 Å². The summed E-state index contributed by atoms with van der Waals surface area (Å²) in [4.78, 5) is 1.31. The average Bonchev–Trinajstić information content (AvgIpc) is 2.14. The van der Waals surface area contributed by atoms with Gasteiger partial charge in [0.1, 0.15) is 0 Å². The summed E-state index contributed by atoms with van der Waals surface area (Å²) in [5.74, 6) is 1.14. The van der Waals surface area contributed by atoms with Crippen molar-refractivity contribution in [3.8, 4) is 0 Å². The van der Waals surface area contributed by atoms with Crippen LogP contribution in [0.1, 0.15) is 0 Å². The van der Waals surface area contributed by atoms with Crippen LogP contribution in [-0.4, -0.2) is 5.75 Å². The Labute approximate surface area is 51.5 Å². The van der Waals surface area contributed by atoms with E-state index in [2.05, 4.69) is 12.7 Å². The molecule has 0 aromatic carbocycles. The summed E-state index contributed by atoms with van der Waals surface area (Å²) in [6.07, 6.45) is 4.08. The highest BCUT2D eigenvalue weighted by atomic mass is 33.1. The molecule has 38 valence electrons. The third-order valence-electron chi connectivity index (χ3n) is 0.709. The summed E-state index contributed by atoms with van der Waals surface area (Å²) in [5, 5.41) is 0. The van der Waals surface area contributed by atoms with Gasteiger partial charge in [-0.25, -0.2) is 0 Å². The molecule has 1 rings (SSSR count). The summed E-state index contributed by atoms with van der Waals surface area (Å²) in [7, 11) is 3.66. The van der Waals surface area contributed by atoms with E-state index in [1.165, 1.54) is 4.91 Å². The van der Waals surface area contributed by atoms with E-state index in [0.29, 0.717) is 0 Å². The first kappa shape index (κ1) is 5.32.